The lowest BCUT2D eigenvalue weighted by molar-refractivity contribution is -0.134. The van der Waals surface area contributed by atoms with Crippen LogP contribution in [0.4, 0.5) is 0 Å². The van der Waals surface area contributed by atoms with Crippen LogP contribution in [0.2, 0.25) is 5.02 Å². The Morgan fingerprint density at radius 2 is 1.70 bits per heavy atom. The van der Waals surface area contributed by atoms with E-state index in [0.717, 1.165) is 11.1 Å². The number of carbonyl (C=O) groups excluding carboxylic acids is 1. The van der Waals surface area contributed by atoms with Crippen molar-refractivity contribution in [1.29, 1.82) is 0 Å². The molecule has 1 aromatic heterocycles. The highest BCUT2D eigenvalue weighted by atomic mass is 35.5. The second kappa shape index (κ2) is 11.7. The average molecular weight is 540 g/mol. The topological polar surface area (TPSA) is 103 Å². The molecule has 4 aromatic rings. The summed E-state index contributed by atoms with van der Waals surface area (Å²) < 4.78 is 37.9. The molecule has 1 N–H and O–H groups in total. The van der Waals surface area contributed by atoms with Crippen LogP contribution in [0.15, 0.2) is 86.9 Å². The van der Waals surface area contributed by atoms with Gasteiger partial charge in [-0.1, -0.05) is 66.0 Å². The number of sulfonamides is 1. The van der Waals surface area contributed by atoms with Gasteiger partial charge in [-0.2, -0.15) is 0 Å². The van der Waals surface area contributed by atoms with Crippen LogP contribution in [0.5, 0.6) is 5.75 Å². The van der Waals surface area contributed by atoms with Crippen LogP contribution in [0.3, 0.4) is 0 Å². The van der Waals surface area contributed by atoms with Crippen LogP contribution in [0.25, 0.3) is 22.1 Å². The van der Waals surface area contributed by atoms with Crippen LogP contribution in [0, 0.1) is 6.92 Å². The smallest absolute Gasteiger partial charge is 0.336 e. The molecule has 0 aliphatic rings. The number of nitrogens with one attached hydrogen (secondary N) is 1. The number of fused-ring (bicyclic) bond motifs is 1. The highest BCUT2D eigenvalue weighted by Crippen LogP contribution is 2.35. The molecule has 0 unspecified atom stereocenters. The zero-order chi connectivity index (χ0) is 26.4. The first-order valence-corrected chi connectivity index (χ1v) is 13.7. The SMILES string of the molecule is Cc1ccc(S(=O)(=O)NCCCCCC(=O)Oc2cc3oc(=O)cc(-c4ccccc4)c3cc2Cl)cc1. The van der Waals surface area contributed by atoms with E-state index in [2.05, 4.69) is 4.72 Å². The third kappa shape index (κ3) is 6.85. The van der Waals surface area contributed by atoms with E-state index in [0.29, 0.717) is 30.2 Å². The first-order chi connectivity index (χ1) is 17.7. The number of rotatable bonds is 10. The number of aryl methyl sites for hydroxylation is 1. The van der Waals surface area contributed by atoms with E-state index < -0.39 is 21.6 Å². The minimum absolute atomic E-state index is 0.110. The van der Waals surface area contributed by atoms with Gasteiger partial charge in [0.2, 0.25) is 10.0 Å². The van der Waals surface area contributed by atoms with Gasteiger partial charge < -0.3 is 9.15 Å². The molecule has 0 radical (unpaired) electrons. The molecule has 1 heterocycles. The highest BCUT2D eigenvalue weighted by molar-refractivity contribution is 7.89. The summed E-state index contributed by atoms with van der Waals surface area (Å²) in [5.41, 5.74) is 2.23. The van der Waals surface area contributed by atoms with Crippen LogP contribution in [0.1, 0.15) is 31.2 Å². The fourth-order valence-electron chi connectivity index (χ4n) is 3.85. The standard InChI is InChI=1S/C28H26ClNO6S/c1-19-11-13-21(14-12-19)37(33,34)30-15-7-3-6-10-27(31)36-26-18-25-23(16-24(26)29)22(17-28(32)35-25)20-8-4-2-5-9-20/h2,4-5,8-9,11-14,16-18,30H,3,6-7,10,15H2,1H3. The largest absolute Gasteiger partial charge is 0.425 e. The van der Waals surface area contributed by atoms with Crippen molar-refractivity contribution in [3.8, 4) is 16.9 Å². The number of benzene rings is 3. The molecule has 192 valence electrons. The minimum Gasteiger partial charge on any atom is -0.425 e. The van der Waals surface area contributed by atoms with Gasteiger partial charge >= 0.3 is 11.6 Å². The fourth-order valence-corrected chi connectivity index (χ4v) is 5.13. The molecule has 37 heavy (non-hydrogen) atoms. The van der Waals surface area contributed by atoms with Gasteiger partial charge in [0.25, 0.3) is 0 Å². The first kappa shape index (κ1) is 26.6. The molecule has 0 fully saturated rings. The number of halogens is 1. The maximum atomic E-state index is 12.4. The molecule has 4 rings (SSSR count). The summed E-state index contributed by atoms with van der Waals surface area (Å²) in [6, 6.07) is 20.5. The third-order valence-corrected chi connectivity index (χ3v) is 7.56. The first-order valence-electron chi connectivity index (χ1n) is 11.8. The molecule has 0 amide bonds. The van der Waals surface area contributed by atoms with E-state index in [1.807, 2.05) is 37.3 Å². The monoisotopic (exact) mass is 539 g/mol. The van der Waals surface area contributed by atoms with Crippen LogP contribution in [-0.2, 0) is 14.8 Å². The highest BCUT2D eigenvalue weighted by Gasteiger charge is 2.15. The van der Waals surface area contributed by atoms with E-state index in [1.165, 1.54) is 12.1 Å². The lowest BCUT2D eigenvalue weighted by atomic mass is 10.0. The van der Waals surface area contributed by atoms with Gasteiger partial charge in [0.1, 0.15) is 5.58 Å². The molecule has 0 spiro atoms. The summed E-state index contributed by atoms with van der Waals surface area (Å²) in [6.45, 7) is 2.16. The number of hydrogen-bond acceptors (Lipinski definition) is 6. The summed E-state index contributed by atoms with van der Waals surface area (Å²) in [4.78, 5) is 24.7. The summed E-state index contributed by atoms with van der Waals surface area (Å²) in [7, 11) is -3.56. The Morgan fingerprint density at radius 1 is 0.973 bits per heavy atom. The maximum absolute atomic E-state index is 12.4. The fraction of sp³-hybridized carbons (Fsp3) is 0.214. The Hall–Kier alpha value is -3.46. The zero-order valence-electron chi connectivity index (χ0n) is 20.2. The molecule has 0 saturated carbocycles. The molecular weight excluding hydrogens is 514 g/mol. The Labute approximate surface area is 220 Å². The van der Waals surface area contributed by atoms with Gasteiger partial charge in [0.15, 0.2) is 5.75 Å². The average Bonchev–Trinajstić information content (AvgIpc) is 2.87. The van der Waals surface area contributed by atoms with E-state index in [9.17, 15) is 18.0 Å². The van der Waals surface area contributed by atoms with Crippen molar-refractivity contribution in [2.45, 2.75) is 37.5 Å². The molecule has 0 saturated heterocycles. The zero-order valence-corrected chi connectivity index (χ0v) is 21.8. The molecule has 3 aromatic carbocycles. The van der Waals surface area contributed by atoms with Crippen molar-refractivity contribution >= 4 is 38.6 Å². The van der Waals surface area contributed by atoms with Crippen LogP contribution < -0.4 is 15.1 Å². The molecule has 0 aliphatic carbocycles. The second-order valence-corrected chi connectivity index (χ2v) is 10.8. The van der Waals surface area contributed by atoms with Gasteiger partial charge in [0, 0.05) is 30.5 Å². The quantitative estimate of drug-likeness (QED) is 0.117. The molecule has 0 aliphatic heterocycles. The Kier molecular flexibility index (Phi) is 8.43. The lowest BCUT2D eigenvalue weighted by Crippen LogP contribution is -2.24. The van der Waals surface area contributed by atoms with E-state index in [4.69, 9.17) is 20.8 Å². The van der Waals surface area contributed by atoms with Gasteiger partial charge in [0.05, 0.1) is 9.92 Å². The number of ether oxygens (including phenoxy) is 1. The molecular formula is C28H26ClNO6S. The number of hydrogen-bond donors (Lipinski definition) is 1. The predicted octanol–water partition coefficient (Wildman–Crippen LogP) is 5.87. The lowest BCUT2D eigenvalue weighted by Gasteiger charge is -2.10. The molecule has 7 nitrogen and oxygen atoms in total. The van der Waals surface area contributed by atoms with Crippen LogP contribution >= 0.6 is 11.6 Å². The van der Waals surface area contributed by atoms with Gasteiger partial charge in [-0.05, 0) is 49.1 Å². The summed E-state index contributed by atoms with van der Waals surface area (Å²) in [5, 5.41) is 0.848. The van der Waals surface area contributed by atoms with Crippen molar-refractivity contribution in [3.63, 3.8) is 0 Å². The summed E-state index contributed by atoms with van der Waals surface area (Å²) in [5.74, 6) is -0.374. The number of esters is 1. The Balaban J connectivity index is 1.31. The van der Waals surface area contributed by atoms with Gasteiger partial charge in [-0.25, -0.2) is 17.9 Å². The third-order valence-electron chi connectivity index (χ3n) is 5.79. The molecule has 0 atom stereocenters. The predicted molar refractivity (Wildman–Crippen MR) is 143 cm³/mol. The minimum atomic E-state index is -3.56. The van der Waals surface area contributed by atoms with E-state index >= 15 is 0 Å². The normalized spacial score (nSPS) is 11.5. The molecule has 0 bridgehead atoms. The van der Waals surface area contributed by atoms with E-state index in [1.54, 1.807) is 30.3 Å². The summed E-state index contributed by atoms with van der Waals surface area (Å²) in [6.07, 6.45) is 1.85. The van der Waals surface area contributed by atoms with Crippen LogP contribution in [-0.4, -0.2) is 20.9 Å². The second-order valence-electron chi connectivity index (χ2n) is 8.62. The van der Waals surface area contributed by atoms with Crippen molar-refractivity contribution in [2.24, 2.45) is 0 Å². The van der Waals surface area contributed by atoms with Crippen molar-refractivity contribution < 1.29 is 22.4 Å². The van der Waals surface area contributed by atoms with Crippen molar-refractivity contribution in [3.05, 3.63) is 93.8 Å². The summed E-state index contributed by atoms with van der Waals surface area (Å²) >= 11 is 6.39. The van der Waals surface area contributed by atoms with E-state index in [-0.39, 0.29) is 34.2 Å². The van der Waals surface area contributed by atoms with Gasteiger partial charge in [-0.3, -0.25) is 4.79 Å². The van der Waals surface area contributed by atoms with Crippen molar-refractivity contribution in [2.75, 3.05) is 6.54 Å². The van der Waals surface area contributed by atoms with Crippen molar-refractivity contribution in [1.82, 2.24) is 4.72 Å². The number of unbranched alkanes of at least 4 members (excludes halogenated alkanes) is 2. The van der Waals surface area contributed by atoms with Gasteiger partial charge in [-0.15, -0.1) is 0 Å². The Bertz CT molecular complexity index is 1560. The Morgan fingerprint density at radius 3 is 2.43 bits per heavy atom. The molecule has 9 heteroatoms. The number of carbonyl (C=O) groups is 1. The maximum Gasteiger partial charge on any atom is 0.336 e.